The lowest BCUT2D eigenvalue weighted by Crippen LogP contribution is -1.90. The number of carbonyl (C=O) groups is 2. The van der Waals surface area contributed by atoms with Gasteiger partial charge >= 0.3 is 12.1 Å². The van der Waals surface area contributed by atoms with Crippen LogP contribution in [0.5, 0.6) is 0 Å². The van der Waals surface area contributed by atoms with Crippen LogP contribution in [0.25, 0.3) is 0 Å². The molecule has 0 fully saturated rings. The smallest absolute Gasteiger partial charge is 0.450 e. The molecule has 15 heavy (non-hydrogen) atoms. The van der Waals surface area contributed by atoms with Crippen LogP contribution in [0, 0.1) is 0 Å². The van der Waals surface area contributed by atoms with Crippen LogP contribution in [0.3, 0.4) is 0 Å². The first kappa shape index (κ1) is 18.8. The normalized spacial score (nSPS) is 6.80. The third-order valence-electron chi connectivity index (χ3n) is 0.466. The SMILES string of the molecule is C=COC(=O)C=C.O=C(O)O.OCCO. The fourth-order valence-electron chi connectivity index (χ4n) is 0.130. The number of hydrogen-bond donors (Lipinski definition) is 4. The van der Waals surface area contributed by atoms with Crippen LogP contribution in [-0.4, -0.2) is 45.8 Å². The molecule has 0 amide bonds. The van der Waals surface area contributed by atoms with Crippen molar-refractivity contribution in [2.24, 2.45) is 0 Å². The van der Waals surface area contributed by atoms with Crippen molar-refractivity contribution in [2.45, 2.75) is 0 Å². The second kappa shape index (κ2) is 18.0. The summed E-state index contributed by atoms with van der Waals surface area (Å²) < 4.78 is 4.20. The van der Waals surface area contributed by atoms with E-state index in [9.17, 15) is 4.79 Å². The van der Waals surface area contributed by atoms with Gasteiger partial charge in [-0.25, -0.2) is 9.59 Å². The quantitative estimate of drug-likeness (QED) is 0.302. The molecule has 0 aliphatic carbocycles. The van der Waals surface area contributed by atoms with Crippen LogP contribution in [0.1, 0.15) is 0 Å². The van der Waals surface area contributed by atoms with Crippen molar-refractivity contribution in [3.8, 4) is 0 Å². The van der Waals surface area contributed by atoms with Crippen molar-refractivity contribution in [2.75, 3.05) is 13.2 Å². The summed E-state index contributed by atoms with van der Waals surface area (Å²) in [5, 5.41) is 29.2. The van der Waals surface area contributed by atoms with Gasteiger partial charge < -0.3 is 25.2 Å². The van der Waals surface area contributed by atoms with E-state index in [2.05, 4.69) is 17.9 Å². The molecule has 0 saturated carbocycles. The molecule has 0 unspecified atom stereocenters. The van der Waals surface area contributed by atoms with Crippen molar-refractivity contribution < 1.29 is 34.8 Å². The maximum Gasteiger partial charge on any atom is 0.503 e. The van der Waals surface area contributed by atoms with Gasteiger partial charge in [0.1, 0.15) is 0 Å². The molecule has 0 spiro atoms. The number of aliphatic hydroxyl groups excluding tert-OH is 2. The highest BCUT2D eigenvalue weighted by atomic mass is 16.6. The molecule has 0 bridgehead atoms. The van der Waals surface area contributed by atoms with Gasteiger partial charge in [-0.05, 0) is 0 Å². The van der Waals surface area contributed by atoms with Gasteiger partial charge in [0.2, 0.25) is 0 Å². The summed E-state index contributed by atoms with van der Waals surface area (Å²) in [6.45, 7) is 6.06. The van der Waals surface area contributed by atoms with Crippen LogP contribution >= 0.6 is 0 Å². The lowest BCUT2D eigenvalue weighted by Gasteiger charge is -1.85. The third-order valence-corrected chi connectivity index (χ3v) is 0.466. The first-order valence-electron chi connectivity index (χ1n) is 3.53. The van der Waals surface area contributed by atoms with Crippen LogP contribution < -0.4 is 0 Å². The van der Waals surface area contributed by atoms with Crippen molar-refractivity contribution in [3.63, 3.8) is 0 Å². The lowest BCUT2D eigenvalue weighted by atomic mass is 10.7. The minimum atomic E-state index is -1.83. The number of rotatable bonds is 3. The molecule has 0 saturated heterocycles. The lowest BCUT2D eigenvalue weighted by molar-refractivity contribution is -0.132. The topological polar surface area (TPSA) is 124 Å². The second-order valence-corrected chi connectivity index (χ2v) is 1.54. The Balaban J connectivity index is -0.000000155. The molecule has 0 atom stereocenters. The number of hydrogen-bond acceptors (Lipinski definition) is 5. The Bertz CT molecular complexity index is 181. The average molecular weight is 222 g/mol. The summed E-state index contributed by atoms with van der Waals surface area (Å²) >= 11 is 0. The first-order valence-corrected chi connectivity index (χ1v) is 3.53. The Hall–Kier alpha value is -1.86. The molecular weight excluding hydrogens is 208 g/mol. The Kier molecular flexibility index (Phi) is 22.6. The van der Waals surface area contributed by atoms with Gasteiger partial charge in [-0.1, -0.05) is 13.2 Å². The number of carboxylic acid groups (broad SMARTS) is 2. The van der Waals surface area contributed by atoms with Gasteiger partial charge in [-0.15, -0.1) is 0 Å². The molecule has 0 rings (SSSR count). The van der Waals surface area contributed by atoms with E-state index in [0.29, 0.717) is 0 Å². The van der Waals surface area contributed by atoms with E-state index in [1.165, 1.54) is 0 Å². The molecule has 0 aliphatic rings. The van der Waals surface area contributed by atoms with Crippen LogP contribution in [0.2, 0.25) is 0 Å². The standard InChI is InChI=1S/C5H6O2.C2H6O2.CH2O3/c1-3-5(6)7-4-2;3-1-2-4;2-1(3)4/h3-4H,1-2H2;3-4H,1-2H2;(H2,2,3,4). The van der Waals surface area contributed by atoms with Crippen molar-refractivity contribution in [1.82, 2.24) is 0 Å². The summed E-state index contributed by atoms with van der Waals surface area (Å²) in [5.41, 5.74) is 0. The van der Waals surface area contributed by atoms with Gasteiger partial charge in [-0.2, -0.15) is 0 Å². The molecule has 7 heteroatoms. The van der Waals surface area contributed by atoms with Crippen LogP contribution in [0.15, 0.2) is 25.5 Å². The van der Waals surface area contributed by atoms with E-state index in [-0.39, 0.29) is 13.2 Å². The Labute approximate surface area is 86.5 Å². The second-order valence-electron chi connectivity index (χ2n) is 1.54. The minimum absolute atomic E-state index is 0.125. The molecule has 0 aromatic heterocycles. The molecule has 0 heterocycles. The predicted octanol–water partition coefficient (Wildman–Crippen LogP) is 0.0525. The van der Waals surface area contributed by atoms with E-state index >= 15 is 0 Å². The molecule has 4 N–H and O–H groups in total. The fourth-order valence-corrected chi connectivity index (χ4v) is 0.130. The van der Waals surface area contributed by atoms with Gasteiger partial charge in [0, 0.05) is 6.08 Å². The fraction of sp³-hybridized carbons (Fsp3) is 0.250. The Morgan fingerprint density at radius 3 is 1.53 bits per heavy atom. The zero-order valence-electron chi connectivity index (χ0n) is 8.00. The van der Waals surface area contributed by atoms with E-state index < -0.39 is 12.1 Å². The van der Waals surface area contributed by atoms with Gasteiger partial charge in [0.05, 0.1) is 19.5 Å². The first-order chi connectivity index (χ1) is 6.95. The summed E-state index contributed by atoms with van der Waals surface area (Å²) in [6.07, 6.45) is 0.297. The zero-order valence-corrected chi connectivity index (χ0v) is 8.00. The highest BCUT2D eigenvalue weighted by Crippen LogP contribution is 1.75. The molecule has 88 valence electrons. The van der Waals surface area contributed by atoms with Crippen molar-refractivity contribution in [3.05, 3.63) is 25.5 Å². The monoisotopic (exact) mass is 222 g/mol. The van der Waals surface area contributed by atoms with E-state index in [0.717, 1.165) is 12.3 Å². The molecule has 0 aromatic rings. The molecule has 0 aromatic carbocycles. The van der Waals surface area contributed by atoms with Crippen molar-refractivity contribution >= 4 is 12.1 Å². The van der Waals surface area contributed by atoms with Gasteiger partial charge in [0.15, 0.2) is 0 Å². The molecular formula is C8H14O7. The molecule has 0 radical (unpaired) electrons. The zero-order chi connectivity index (χ0) is 12.7. The Morgan fingerprint density at radius 1 is 1.13 bits per heavy atom. The maximum atomic E-state index is 10.0. The predicted molar refractivity (Wildman–Crippen MR) is 51.3 cm³/mol. The summed E-state index contributed by atoms with van der Waals surface area (Å²) in [6, 6.07) is 0. The highest BCUT2D eigenvalue weighted by molar-refractivity contribution is 5.81. The van der Waals surface area contributed by atoms with E-state index in [1.54, 1.807) is 0 Å². The third kappa shape index (κ3) is 72.8. The number of ether oxygens (including phenoxy) is 1. The highest BCUT2D eigenvalue weighted by Gasteiger charge is 1.84. The number of carbonyl (C=O) groups excluding carboxylic acids is 1. The van der Waals surface area contributed by atoms with Crippen molar-refractivity contribution in [1.29, 1.82) is 0 Å². The summed E-state index contributed by atoms with van der Waals surface area (Å²) in [7, 11) is 0. The van der Waals surface area contributed by atoms with Gasteiger partial charge in [0.25, 0.3) is 0 Å². The molecule has 0 aliphatic heterocycles. The van der Waals surface area contributed by atoms with E-state index in [4.69, 9.17) is 25.2 Å². The van der Waals surface area contributed by atoms with Crippen LogP contribution in [-0.2, 0) is 9.53 Å². The van der Waals surface area contributed by atoms with E-state index in [1.807, 2.05) is 0 Å². The Morgan fingerprint density at radius 2 is 1.47 bits per heavy atom. The average Bonchev–Trinajstić information content (AvgIpc) is 2.18. The maximum absolute atomic E-state index is 10.0. The largest absolute Gasteiger partial charge is 0.503 e. The number of aliphatic hydroxyl groups is 2. The summed E-state index contributed by atoms with van der Waals surface area (Å²) in [4.78, 5) is 18.6. The van der Waals surface area contributed by atoms with Crippen LogP contribution in [0.4, 0.5) is 4.79 Å². The van der Waals surface area contributed by atoms with Gasteiger partial charge in [-0.3, -0.25) is 0 Å². The number of esters is 1. The molecule has 7 nitrogen and oxygen atoms in total. The minimum Gasteiger partial charge on any atom is -0.450 e. The summed E-state index contributed by atoms with van der Waals surface area (Å²) in [5.74, 6) is -0.477.